The summed E-state index contributed by atoms with van der Waals surface area (Å²) in [6.07, 6.45) is 4.53. The first-order valence-corrected chi connectivity index (χ1v) is 14.2. The highest BCUT2D eigenvalue weighted by Gasteiger charge is 2.33. The zero-order valence-corrected chi connectivity index (χ0v) is 21.2. The molecule has 0 bridgehead atoms. The molecule has 2 aliphatic rings. The minimum absolute atomic E-state index is 0.0221. The van der Waals surface area contributed by atoms with Crippen molar-refractivity contribution >= 4 is 27.0 Å². The molecule has 2 saturated heterocycles. The van der Waals surface area contributed by atoms with Gasteiger partial charge in [0.15, 0.2) is 5.52 Å². The van der Waals surface area contributed by atoms with Crippen molar-refractivity contribution in [2.75, 3.05) is 39.3 Å². The molecule has 1 N–H and O–H groups in total. The normalized spacial score (nSPS) is 19.0. The van der Waals surface area contributed by atoms with Gasteiger partial charge in [0.2, 0.25) is 15.9 Å². The monoisotopic (exact) mass is 511 g/mol. The molecule has 192 valence electrons. The van der Waals surface area contributed by atoms with E-state index in [1.54, 1.807) is 12.1 Å². The molecule has 2 aromatic carbocycles. The fourth-order valence-electron chi connectivity index (χ4n) is 5.33. The molecule has 0 unspecified atom stereocenters. The third-order valence-corrected chi connectivity index (χ3v) is 9.42. The number of carbonyl (C=O) groups is 1. The predicted octanol–water partition coefficient (Wildman–Crippen LogP) is 2.69. The van der Waals surface area contributed by atoms with Crippen LogP contribution in [0.4, 0.5) is 0 Å². The van der Waals surface area contributed by atoms with Crippen LogP contribution in [0.15, 0.2) is 58.1 Å². The highest BCUT2D eigenvalue weighted by Crippen LogP contribution is 2.27. The topological polar surface area (TPSA) is 109 Å². The summed E-state index contributed by atoms with van der Waals surface area (Å²) in [4.78, 5) is 15.3. The van der Waals surface area contributed by atoms with Gasteiger partial charge in [-0.1, -0.05) is 36.4 Å². The van der Waals surface area contributed by atoms with E-state index in [0.717, 1.165) is 32.0 Å². The lowest BCUT2D eigenvalue weighted by Gasteiger charge is -2.33. The SMILES string of the molecule is O=C(NCCN1CCC(Cc2ccccc2)CC1)C1CCN(S(=O)(=O)c2cccc3nonc23)CC1. The Labute approximate surface area is 211 Å². The smallest absolute Gasteiger partial charge is 0.245 e. The Hall–Kier alpha value is -2.82. The van der Waals surface area contributed by atoms with Crippen LogP contribution in [0.5, 0.6) is 0 Å². The van der Waals surface area contributed by atoms with E-state index >= 15 is 0 Å². The molecular weight excluding hydrogens is 478 g/mol. The van der Waals surface area contributed by atoms with E-state index in [2.05, 4.69) is 50.9 Å². The van der Waals surface area contributed by atoms with Crippen molar-refractivity contribution in [2.45, 2.75) is 37.0 Å². The molecule has 2 aliphatic heterocycles. The molecule has 2 fully saturated rings. The zero-order valence-electron chi connectivity index (χ0n) is 20.4. The number of rotatable bonds is 8. The van der Waals surface area contributed by atoms with Gasteiger partial charge in [-0.3, -0.25) is 4.79 Å². The Bertz CT molecular complexity index is 1260. The fraction of sp³-hybridized carbons (Fsp3) is 0.500. The number of piperidine rings is 2. The standard InChI is InChI=1S/C26H33N5O4S/c32-26(27-13-18-30-14-9-21(10-15-30)19-20-5-2-1-3-6-20)22-11-16-31(17-12-22)36(33,34)24-8-4-7-23-25(24)29-35-28-23/h1-8,21-22H,9-19H2,(H,27,32). The summed E-state index contributed by atoms with van der Waals surface area (Å²) in [5, 5.41) is 10.6. The first-order valence-electron chi connectivity index (χ1n) is 12.8. The van der Waals surface area contributed by atoms with Gasteiger partial charge in [0, 0.05) is 32.1 Å². The molecule has 0 atom stereocenters. The number of hydrogen-bond acceptors (Lipinski definition) is 7. The molecule has 1 amide bonds. The van der Waals surface area contributed by atoms with Crippen molar-refractivity contribution < 1.29 is 17.8 Å². The van der Waals surface area contributed by atoms with Crippen LogP contribution >= 0.6 is 0 Å². The minimum atomic E-state index is -3.73. The van der Waals surface area contributed by atoms with Crippen molar-refractivity contribution in [1.82, 2.24) is 24.8 Å². The summed E-state index contributed by atoms with van der Waals surface area (Å²) in [5.74, 6) is 0.582. The maximum Gasteiger partial charge on any atom is 0.245 e. The first kappa shape index (κ1) is 24.9. The Morgan fingerprint density at radius 3 is 2.44 bits per heavy atom. The van der Waals surface area contributed by atoms with Crippen molar-refractivity contribution in [3.8, 4) is 0 Å². The fourth-order valence-corrected chi connectivity index (χ4v) is 6.94. The molecule has 10 heteroatoms. The van der Waals surface area contributed by atoms with Gasteiger partial charge in [0.25, 0.3) is 0 Å². The number of carbonyl (C=O) groups excluding carboxylic acids is 1. The highest BCUT2D eigenvalue weighted by molar-refractivity contribution is 7.89. The zero-order chi connectivity index (χ0) is 25.0. The third-order valence-electron chi connectivity index (χ3n) is 7.49. The average Bonchev–Trinajstić information content (AvgIpc) is 3.39. The Morgan fingerprint density at radius 1 is 0.944 bits per heavy atom. The first-order chi connectivity index (χ1) is 17.5. The summed E-state index contributed by atoms with van der Waals surface area (Å²) in [6, 6.07) is 15.5. The summed E-state index contributed by atoms with van der Waals surface area (Å²) in [6.45, 7) is 4.22. The molecule has 0 aliphatic carbocycles. The molecule has 3 aromatic rings. The highest BCUT2D eigenvalue weighted by atomic mass is 32.2. The van der Waals surface area contributed by atoms with Gasteiger partial charge in [0.1, 0.15) is 10.4 Å². The number of nitrogens with zero attached hydrogens (tertiary/aromatic N) is 4. The number of fused-ring (bicyclic) bond motifs is 1. The maximum atomic E-state index is 13.2. The lowest BCUT2D eigenvalue weighted by atomic mass is 9.90. The van der Waals surface area contributed by atoms with E-state index in [0.29, 0.717) is 38.0 Å². The number of sulfonamides is 1. The van der Waals surface area contributed by atoms with Crippen LogP contribution in [0.3, 0.4) is 0 Å². The second kappa shape index (κ2) is 11.1. The molecule has 36 heavy (non-hydrogen) atoms. The Kier molecular flexibility index (Phi) is 7.64. The minimum Gasteiger partial charge on any atom is -0.355 e. The van der Waals surface area contributed by atoms with Gasteiger partial charge in [-0.15, -0.1) is 0 Å². The van der Waals surface area contributed by atoms with E-state index in [1.165, 1.54) is 28.8 Å². The van der Waals surface area contributed by atoms with Crippen molar-refractivity contribution in [2.24, 2.45) is 11.8 Å². The lowest BCUT2D eigenvalue weighted by molar-refractivity contribution is -0.126. The van der Waals surface area contributed by atoms with Gasteiger partial charge in [-0.2, -0.15) is 4.31 Å². The van der Waals surface area contributed by atoms with E-state index in [1.807, 2.05) is 0 Å². The van der Waals surface area contributed by atoms with Crippen LogP contribution < -0.4 is 5.32 Å². The number of aromatic nitrogens is 2. The Balaban J connectivity index is 1.04. The van der Waals surface area contributed by atoms with Crippen molar-refractivity contribution in [3.05, 3.63) is 54.1 Å². The maximum absolute atomic E-state index is 13.2. The largest absolute Gasteiger partial charge is 0.355 e. The molecule has 5 rings (SSSR count). The van der Waals surface area contributed by atoms with Crippen LogP contribution in [0.25, 0.3) is 11.0 Å². The summed E-state index contributed by atoms with van der Waals surface area (Å²) in [5.41, 5.74) is 2.06. The molecule has 9 nitrogen and oxygen atoms in total. The van der Waals surface area contributed by atoms with Crippen LogP contribution in [-0.2, 0) is 21.2 Å². The number of benzene rings is 2. The van der Waals surface area contributed by atoms with E-state index in [-0.39, 0.29) is 22.2 Å². The van der Waals surface area contributed by atoms with Crippen LogP contribution in [0.2, 0.25) is 0 Å². The number of nitrogens with one attached hydrogen (secondary N) is 1. The van der Waals surface area contributed by atoms with Gasteiger partial charge >= 0.3 is 0 Å². The lowest BCUT2D eigenvalue weighted by Crippen LogP contribution is -2.45. The van der Waals surface area contributed by atoms with E-state index in [9.17, 15) is 13.2 Å². The van der Waals surface area contributed by atoms with Gasteiger partial charge in [0.05, 0.1) is 0 Å². The number of hydrogen-bond donors (Lipinski definition) is 1. The van der Waals surface area contributed by atoms with Crippen LogP contribution in [0.1, 0.15) is 31.2 Å². The quantitative estimate of drug-likeness (QED) is 0.495. The predicted molar refractivity (Wildman–Crippen MR) is 136 cm³/mol. The van der Waals surface area contributed by atoms with E-state index in [4.69, 9.17) is 4.63 Å². The molecule has 0 spiro atoms. The molecule has 1 aromatic heterocycles. The van der Waals surface area contributed by atoms with Crippen LogP contribution in [0, 0.1) is 11.8 Å². The Morgan fingerprint density at radius 2 is 1.69 bits per heavy atom. The van der Waals surface area contributed by atoms with Crippen molar-refractivity contribution in [3.63, 3.8) is 0 Å². The molecule has 3 heterocycles. The number of likely N-dealkylation sites (tertiary alicyclic amines) is 1. The second-order valence-electron chi connectivity index (χ2n) is 9.83. The summed E-state index contributed by atoms with van der Waals surface area (Å²) >= 11 is 0. The summed E-state index contributed by atoms with van der Waals surface area (Å²) < 4.78 is 32.5. The van der Waals surface area contributed by atoms with Crippen LogP contribution in [-0.4, -0.2) is 73.1 Å². The van der Waals surface area contributed by atoms with Gasteiger partial charge < -0.3 is 10.2 Å². The van der Waals surface area contributed by atoms with E-state index < -0.39 is 10.0 Å². The van der Waals surface area contributed by atoms with Crippen molar-refractivity contribution in [1.29, 1.82) is 0 Å². The van der Waals surface area contributed by atoms with Gasteiger partial charge in [-0.25, -0.2) is 13.0 Å². The van der Waals surface area contributed by atoms with Gasteiger partial charge in [-0.05, 0) is 79.1 Å². The molecule has 0 saturated carbocycles. The second-order valence-corrected chi connectivity index (χ2v) is 11.7. The summed E-state index contributed by atoms with van der Waals surface area (Å²) in [7, 11) is -3.73. The number of amides is 1. The average molecular weight is 512 g/mol. The third kappa shape index (κ3) is 5.61. The molecular formula is C26H33N5O4S. The molecule has 0 radical (unpaired) electrons.